The highest BCUT2D eigenvalue weighted by Gasteiger charge is 2.17. The smallest absolute Gasteiger partial charge is 0.129 e. The number of carbonyl (C=O) groups excluding carboxylic acids is 1. The minimum absolute atomic E-state index is 0.321. The Bertz CT molecular complexity index is 168. The zero-order valence-electron chi connectivity index (χ0n) is 10.5. The largest absolute Gasteiger partial charge is 0.300 e. The molecule has 0 aromatic heterocycles. The second-order valence-electron chi connectivity index (χ2n) is 5.65. The highest BCUT2D eigenvalue weighted by atomic mass is 16.1. The molecular formula is C13H26O. The lowest BCUT2D eigenvalue weighted by Gasteiger charge is -2.24. The van der Waals surface area contributed by atoms with E-state index in [2.05, 4.69) is 27.7 Å². The molecule has 0 saturated heterocycles. The quantitative estimate of drug-likeness (QED) is 0.599. The van der Waals surface area contributed by atoms with Crippen LogP contribution in [0.1, 0.15) is 66.7 Å². The molecule has 0 unspecified atom stereocenters. The number of hydrogen-bond donors (Lipinski definition) is 0. The average molecular weight is 198 g/mol. The molecule has 0 aliphatic heterocycles. The second-order valence-corrected chi connectivity index (χ2v) is 5.65. The molecule has 14 heavy (non-hydrogen) atoms. The van der Waals surface area contributed by atoms with E-state index < -0.39 is 0 Å². The van der Waals surface area contributed by atoms with Crippen LogP contribution in [0.4, 0.5) is 0 Å². The van der Waals surface area contributed by atoms with Gasteiger partial charge in [0.05, 0.1) is 0 Å². The lowest BCUT2D eigenvalue weighted by molar-refractivity contribution is -0.117. The van der Waals surface area contributed by atoms with E-state index >= 15 is 0 Å². The van der Waals surface area contributed by atoms with Crippen molar-refractivity contribution in [2.75, 3.05) is 0 Å². The second kappa shape index (κ2) is 6.21. The SMILES string of the molecule is CC(=O)CCC(C)(C)CCCC(C)C. The number of carbonyl (C=O) groups is 1. The van der Waals surface area contributed by atoms with Crippen molar-refractivity contribution < 1.29 is 4.79 Å². The molecule has 0 N–H and O–H groups in total. The molecule has 84 valence electrons. The molecule has 0 spiro atoms. The van der Waals surface area contributed by atoms with Crippen LogP contribution in [0.3, 0.4) is 0 Å². The summed E-state index contributed by atoms with van der Waals surface area (Å²) in [6.45, 7) is 10.8. The van der Waals surface area contributed by atoms with Gasteiger partial charge in [0.1, 0.15) is 5.78 Å². The first-order valence-corrected chi connectivity index (χ1v) is 5.83. The molecule has 0 heterocycles. The molecule has 0 amide bonds. The molecule has 0 aliphatic rings. The minimum atomic E-state index is 0.321. The first-order chi connectivity index (χ1) is 6.33. The van der Waals surface area contributed by atoms with Crippen molar-refractivity contribution >= 4 is 5.78 Å². The van der Waals surface area contributed by atoms with Crippen molar-refractivity contribution in [3.63, 3.8) is 0 Å². The highest BCUT2D eigenvalue weighted by molar-refractivity contribution is 5.75. The van der Waals surface area contributed by atoms with E-state index in [1.807, 2.05) is 0 Å². The zero-order chi connectivity index (χ0) is 11.2. The van der Waals surface area contributed by atoms with E-state index in [9.17, 15) is 4.79 Å². The van der Waals surface area contributed by atoms with Crippen LogP contribution in [0.2, 0.25) is 0 Å². The van der Waals surface area contributed by atoms with E-state index in [1.165, 1.54) is 19.3 Å². The molecule has 0 rings (SSSR count). The Morgan fingerprint density at radius 1 is 1.21 bits per heavy atom. The third kappa shape index (κ3) is 8.28. The summed E-state index contributed by atoms with van der Waals surface area (Å²) in [5, 5.41) is 0. The van der Waals surface area contributed by atoms with Crippen molar-refractivity contribution in [1.82, 2.24) is 0 Å². The van der Waals surface area contributed by atoms with Gasteiger partial charge in [0.2, 0.25) is 0 Å². The van der Waals surface area contributed by atoms with Crippen LogP contribution in [-0.2, 0) is 4.79 Å². The summed E-state index contributed by atoms with van der Waals surface area (Å²) in [5.74, 6) is 1.13. The zero-order valence-corrected chi connectivity index (χ0v) is 10.5. The third-order valence-electron chi connectivity index (χ3n) is 2.79. The van der Waals surface area contributed by atoms with Gasteiger partial charge in [0.15, 0.2) is 0 Å². The van der Waals surface area contributed by atoms with Gasteiger partial charge in [-0.05, 0) is 31.1 Å². The predicted molar refractivity (Wildman–Crippen MR) is 62.4 cm³/mol. The summed E-state index contributed by atoms with van der Waals surface area (Å²) < 4.78 is 0. The lowest BCUT2D eigenvalue weighted by atomic mass is 9.81. The number of rotatable bonds is 7. The molecule has 1 heteroatoms. The first-order valence-electron chi connectivity index (χ1n) is 5.83. The molecule has 0 fully saturated rings. The Morgan fingerprint density at radius 2 is 1.79 bits per heavy atom. The van der Waals surface area contributed by atoms with E-state index in [1.54, 1.807) is 6.92 Å². The Balaban J connectivity index is 3.66. The summed E-state index contributed by atoms with van der Waals surface area (Å²) in [4.78, 5) is 10.9. The maximum atomic E-state index is 10.9. The molecule has 0 saturated carbocycles. The molecule has 0 radical (unpaired) electrons. The number of Topliss-reactive ketones (excluding diaryl/α,β-unsaturated/α-hetero) is 1. The number of hydrogen-bond acceptors (Lipinski definition) is 1. The van der Waals surface area contributed by atoms with Crippen molar-refractivity contribution in [3.05, 3.63) is 0 Å². The molecule has 1 nitrogen and oxygen atoms in total. The van der Waals surface area contributed by atoms with Crippen LogP contribution in [0.5, 0.6) is 0 Å². The third-order valence-corrected chi connectivity index (χ3v) is 2.79. The van der Waals surface area contributed by atoms with Gasteiger partial charge in [-0.15, -0.1) is 0 Å². The topological polar surface area (TPSA) is 17.1 Å². The van der Waals surface area contributed by atoms with Gasteiger partial charge in [-0.1, -0.05) is 40.5 Å². The van der Waals surface area contributed by atoms with Crippen LogP contribution >= 0.6 is 0 Å². The van der Waals surface area contributed by atoms with Gasteiger partial charge < -0.3 is 4.79 Å². The summed E-state index contributed by atoms with van der Waals surface area (Å²) in [6, 6.07) is 0. The van der Waals surface area contributed by atoms with Crippen molar-refractivity contribution in [2.45, 2.75) is 66.7 Å². The van der Waals surface area contributed by atoms with E-state index in [0.29, 0.717) is 11.2 Å². The van der Waals surface area contributed by atoms with Gasteiger partial charge in [-0.3, -0.25) is 0 Å². The summed E-state index contributed by atoms with van der Waals surface area (Å²) >= 11 is 0. The van der Waals surface area contributed by atoms with E-state index in [-0.39, 0.29) is 0 Å². The standard InChI is InChI=1S/C13H26O/c1-11(2)7-6-9-13(4,5)10-8-12(3)14/h11H,6-10H2,1-5H3. The van der Waals surface area contributed by atoms with E-state index in [0.717, 1.165) is 18.8 Å². The van der Waals surface area contributed by atoms with Crippen LogP contribution in [0, 0.1) is 11.3 Å². The van der Waals surface area contributed by atoms with Crippen LogP contribution in [0.25, 0.3) is 0 Å². The van der Waals surface area contributed by atoms with Crippen LogP contribution in [-0.4, -0.2) is 5.78 Å². The maximum Gasteiger partial charge on any atom is 0.129 e. The fourth-order valence-corrected chi connectivity index (χ4v) is 1.63. The van der Waals surface area contributed by atoms with Crippen molar-refractivity contribution in [2.24, 2.45) is 11.3 Å². The van der Waals surface area contributed by atoms with E-state index in [4.69, 9.17) is 0 Å². The maximum absolute atomic E-state index is 10.9. The highest BCUT2D eigenvalue weighted by Crippen LogP contribution is 2.29. The Labute approximate surface area is 89.3 Å². The monoisotopic (exact) mass is 198 g/mol. The van der Waals surface area contributed by atoms with Crippen molar-refractivity contribution in [1.29, 1.82) is 0 Å². The van der Waals surface area contributed by atoms with Gasteiger partial charge in [0, 0.05) is 6.42 Å². The van der Waals surface area contributed by atoms with Crippen LogP contribution < -0.4 is 0 Å². The predicted octanol–water partition coefficient (Wildman–Crippen LogP) is 4.21. The molecule has 0 atom stereocenters. The average Bonchev–Trinajstić information content (AvgIpc) is 2.00. The van der Waals surface area contributed by atoms with Crippen LogP contribution in [0.15, 0.2) is 0 Å². The normalized spacial score (nSPS) is 12.1. The fraction of sp³-hybridized carbons (Fsp3) is 0.923. The van der Waals surface area contributed by atoms with Gasteiger partial charge in [0.25, 0.3) is 0 Å². The van der Waals surface area contributed by atoms with Gasteiger partial charge >= 0.3 is 0 Å². The van der Waals surface area contributed by atoms with Gasteiger partial charge in [-0.2, -0.15) is 0 Å². The first kappa shape index (κ1) is 13.7. The molecule has 0 aromatic carbocycles. The number of ketones is 1. The summed E-state index contributed by atoms with van der Waals surface area (Å²) in [7, 11) is 0. The Kier molecular flexibility index (Phi) is 6.06. The molecule has 0 aromatic rings. The minimum Gasteiger partial charge on any atom is -0.300 e. The molecular weight excluding hydrogens is 172 g/mol. The Hall–Kier alpha value is -0.330. The fourth-order valence-electron chi connectivity index (χ4n) is 1.63. The molecule has 0 bridgehead atoms. The van der Waals surface area contributed by atoms with Gasteiger partial charge in [-0.25, -0.2) is 0 Å². The summed E-state index contributed by atoms with van der Waals surface area (Å²) in [6.07, 6.45) is 5.64. The lowest BCUT2D eigenvalue weighted by Crippen LogP contribution is -2.13. The Morgan fingerprint density at radius 3 is 2.21 bits per heavy atom. The summed E-state index contributed by atoms with van der Waals surface area (Å²) in [5.41, 5.74) is 0.348. The molecule has 0 aliphatic carbocycles. The van der Waals surface area contributed by atoms with Crippen molar-refractivity contribution in [3.8, 4) is 0 Å².